The van der Waals surface area contributed by atoms with E-state index >= 15 is 0 Å². The Bertz CT molecular complexity index is 886. The van der Waals surface area contributed by atoms with Crippen LogP contribution in [0.25, 0.3) is 0 Å². The molecular formula is C19H20N4O2S2. The van der Waals surface area contributed by atoms with Crippen molar-refractivity contribution in [2.45, 2.75) is 10.9 Å². The Morgan fingerprint density at radius 3 is 2.78 bits per heavy atom. The quantitative estimate of drug-likeness (QED) is 0.576. The van der Waals surface area contributed by atoms with Gasteiger partial charge in [-0.2, -0.15) is 0 Å². The summed E-state index contributed by atoms with van der Waals surface area (Å²) in [5.74, 6) is 1.14. The van der Waals surface area contributed by atoms with E-state index in [1.807, 2.05) is 54.6 Å². The van der Waals surface area contributed by atoms with Crippen molar-refractivity contribution in [1.82, 2.24) is 15.1 Å². The highest BCUT2D eigenvalue weighted by Crippen LogP contribution is 2.27. The van der Waals surface area contributed by atoms with Crippen LogP contribution in [0.4, 0.5) is 10.8 Å². The molecule has 0 bridgehead atoms. The van der Waals surface area contributed by atoms with Crippen molar-refractivity contribution in [2.75, 3.05) is 25.2 Å². The van der Waals surface area contributed by atoms with Gasteiger partial charge in [-0.3, -0.25) is 4.79 Å². The molecule has 8 heteroatoms. The molecule has 0 atom stereocenters. The summed E-state index contributed by atoms with van der Waals surface area (Å²) in [4.78, 5) is 14.1. The van der Waals surface area contributed by atoms with E-state index in [1.165, 1.54) is 23.1 Å². The average Bonchev–Trinajstić information content (AvgIpc) is 3.14. The van der Waals surface area contributed by atoms with Crippen molar-refractivity contribution < 1.29 is 9.53 Å². The number of carbonyl (C=O) groups excluding carboxylic acids is 1. The molecule has 0 fully saturated rings. The number of methoxy groups -OCH3 is 1. The number of anilines is 2. The van der Waals surface area contributed by atoms with Crippen LogP contribution in [0.3, 0.4) is 0 Å². The highest BCUT2D eigenvalue weighted by atomic mass is 32.2. The van der Waals surface area contributed by atoms with E-state index in [2.05, 4.69) is 15.5 Å². The summed E-state index contributed by atoms with van der Waals surface area (Å²) >= 11 is 2.83. The van der Waals surface area contributed by atoms with Gasteiger partial charge < -0.3 is 15.0 Å². The maximum atomic E-state index is 12.4. The molecule has 6 nitrogen and oxygen atoms in total. The molecule has 0 aliphatic rings. The third-order valence-electron chi connectivity index (χ3n) is 3.73. The largest absolute Gasteiger partial charge is 0.497 e. The first-order valence-corrected chi connectivity index (χ1v) is 10.1. The van der Waals surface area contributed by atoms with E-state index in [4.69, 9.17) is 4.74 Å². The van der Waals surface area contributed by atoms with Crippen LogP contribution in [0.15, 0.2) is 58.9 Å². The molecule has 3 rings (SSSR count). The molecule has 0 spiro atoms. The summed E-state index contributed by atoms with van der Waals surface area (Å²) in [5, 5.41) is 12.2. The van der Waals surface area contributed by atoms with E-state index in [0.29, 0.717) is 17.4 Å². The normalized spacial score (nSPS) is 10.4. The van der Waals surface area contributed by atoms with Crippen molar-refractivity contribution in [3.63, 3.8) is 0 Å². The van der Waals surface area contributed by atoms with Gasteiger partial charge in [0.1, 0.15) is 5.75 Å². The minimum atomic E-state index is 0.0376. The fourth-order valence-electron chi connectivity index (χ4n) is 2.33. The van der Waals surface area contributed by atoms with Gasteiger partial charge in [-0.25, -0.2) is 0 Å². The number of hydrogen-bond acceptors (Lipinski definition) is 7. The lowest BCUT2D eigenvalue weighted by Gasteiger charge is -2.17. The first-order valence-electron chi connectivity index (χ1n) is 8.29. The van der Waals surface area contributed by atoms with Crippen LogP contribution >= 0.6 is 23.1 Å². The number of amides is 1. The SMILES string of the molecule is COc1cccc(CN(C)C(=O)CSc2nnc(Nc3ccccc3)s2)c1. The Labute approximate surface area is 166 Å². The van der Waals surface area contributed by atoms with Crippen LogP contribution < -0.4 is 10.1 Å². The second-order valence-electron chi connectivity index (χ2n) is 5.75. The lowest BCUT2D eigenvalue weighted by atomic mass is 10.2. The average molecular weight is 401 g/mol. The topological polar surface area (TPSA) is 67.3 Å². The number of para-hydroxylation sites is 1. The zero-order valence-corrected chi connectivity index (χ0v) is 16.7. The monoisotopic (exact) mass is 400 g/mol. The first-order chi connectivity index (χ1) is 13.1. The molecule has 1 aromatic heterocycles. The highest BCUT2D eigenvalue weighted by Gasteiger charge is 2.13. The lowest BCUT2D eigenvalue weighted by Crippen LogP contribution is -2.27. The minimum Gasteiger partial charge on any atom is -0.497 e. The molecule has 0 saturated heterocycles. The number of carbonyl (C=O) groups is 1. The fraction of sp³-hybridized carbons (Fsp3) is 0.211. The molecule has 0 aliphatic heterocycles. The molecule has 0 aliphatic carbocycles. The van der Waals surface area contributed by atoms with Gasteiger partial charge in [0.2, 0.25) is 11.0 Å². The molecular weight excluding hydrogens is 380 g/mol. The third-order valence-corrected chi connectivity index (χ3v) is 5.69. The molecule has 1 amide bonds. The van der Waals surface area contributed by atoms with Crippen LogP contribution in [0.5, 0.6) is 5.75 Å². The Morgan fingerprint density at radius 2 is 2.00 bits per heavy atom. The van der Waals surface area contributed by atoms with Gasteiger partial charge in [0.25, 0.3) is 0 Å². The number of nitrogens with one attached hydrogen (secondary N) is 1. The summed E-state index contributed by atoms with van der Waals surface area (Å²) in [6.45, 7) is 0.535. The van der Waals surface area contributed by atoms with Crippen molar-refractivity contribution in [3.8, 4) is 5.75 Å². The van der Waals surface area contributed by atoms with Crippen molar-refractivity contribution in [3.05, 3.63) is 60.2 Å². The van der Waals surface area contributed by atoms with E-state index in [9.17, 15) is 4.79 Å². The maximum Gasteiger partial charge on any atom is 0.233 e. The van der Waals surface area contributed by atoms with E-state index in [0.717, 1.165) is 21.3 Å². The number of rotatable bonds is 8. The Kier molecular flexibility index (Phi) is 6.67. The van der Waals surface area contributed by atoms with Gasteiger partial charge in [-0.05, 0) is 29.8 Å². The van der Waals surface area contributed by atoms with Gasteiger partial charge >= 0.3 is 0 Å². The second kappa shape index (κ2) is 9.38. The van der Waals surface area contributed by atoms with Crippen LogP contribution in [0.1, 0.15) is 5.56 Å². The summed E-state index contributed by atoms with van der Waals surface area (Å²) in [7, 11) is 3.43. The predicted octanol–water partition coefficient (Wildman–Crippen LogP) is 4.04. The second-order valence-corrected chi connectivity index (χ2v) is 7.95. The summed E-state index contributed by atoms with van der Waals surface area (Å²) < 4.78 is 5.98. The van der Waals surface area contributed by atoms with Gasteiger partial charge in [0.05, 0.1) is 12.9 Å². The smallest absolute Gasteiger partial charge is 0.233 e. The fourth-order valence-corrected chi connectivity index (χ4v) is 4.04. The Hall–Kier alpha value is -2.58. The van der Waals surface area contributed by atoms with Crippen LogP contribution in [-0.4, -0.2) is 40.9 Å². The van der Waals surface area contributed by atoms with Gasteiger partial charge in [-0.15, -0.1) is 10.2 Å². The number of hydrogen-bond donors (Lipinski definition) is 1. The van der Waals surface area contributed by atoms with Crippen LogP contribution in [0, 0.1) is 0 Å². The highest BCUT2D eigenvalue weighted by molar-refractivity contribution is 8.01. The van der Waals surface area contributed by atoms with E-state index < -0.39 is 0 Å². The standard InChI is InChI=1S/C19H20N4O2S2/c1-23(12-14-7-6-10-16(11-14)25-2)17(24)13-26-19-22-21-18(27-19)20-15-8-4-3-5-9-15/h3-11H,12-13H2,1-2H3,(H,20,21). The molecule has 1 N–H and O–H groups in total. The predicted molar refractivity (Wildman–Crippen MR) is 110 cm³/mol. The van der Waals surface area contributed by atoms with Crippen molar-refractivity contribution in [2.24, 2.45) is 0 Å². The van der Waals surface area contributed by atoms with Gasteiger partial charge in [0.15, 0.2) is 4.34 Å². The number of nitrogens with zero attached hydrogens (tertiary/aromatic N) is 3. The van der Waals surface area contributed by atoms with Gasteiger partial charge in [-0.1, -0.05) is 53.4 Å². The summed E-state index contributed by atoms with van der Waals surface area (Å²) in [6.07, 6.45) is 0. The molecule has 27 heavy (non-hydrogen) atoms. The van der Waals surface area contributed by atoms with Crippen LogP contribution in [0.2, 0.25) is 0 Å². The van der Waals surface area contributed by atoms with Crippen molar-refractivity contribution in [1.29, 1.82) is 0 Å². The van der Waals surface area contributed by atoms with Gasteiger partial charge in [0, 0.05) is 19.3 Å². The molecule has 0 radical (unpaired) electrons. The minimum absolute atomic E-state index is 0.0376. The molecule has 0 unspecified atom stereocenters. The molecule has 3 aromatic rings. The van der Waals surface area contributed by atoms with Crippen molar-refractivity contribution >= 4 is 39.8 Å². The molecule has 2 aromatic carbocycles. The number of thioether (sulfide) groups is 1. The zero-order valence-electron chi connectivity index (χ0n) is 15.1. The van der Waals surface area contributed by atoms with E-state index in [1.54, 1.807) is 19.1 Å². The first kappa shape index (κ1) is 19.2. The molecule has 1 heterocycles. The Morgan fingerprint density at radius 1 is 1.19 bits per heavy atom. The number of aromatic nitrogens is 2. The lowest BCUT2D eigenvalue weighted by molar-refractivity contribution is -0.127. The molecule has 140 valence electrons. The molecule has 0 saturated carbocycles. The Balaban J connectivity index is 1.49. The number of ether oxygens (including phenoxy) is 1. The van der Waals surface area contributed by atoms with Crippen LogP contribution in [-0.2, 0) is 11.3 Å². The summed E-state index contributed by atoms with van der Waals surface area (Å²) in [6, 6.07) is 17.5. The third kappa shape index (κ3) is 5.70. The zero-order chi connectivity index (χ0) is 19.1. The summed E-state index contributed by atoms with van der Waals surface area (Å²) in [5.41, 5.74) is 1.99. The van der Waals surface area contributed by atoms with E-state index in [-0.39, 0.29) is 5.91 Å². The number of benzene rings is 2. The maximum absolute atomic E-state index is 12.4.